The van der Waals surface area contributed by atoms with E-state index in [4.69, 9.17) is 5.73 Å². The Morgan fingerprint density at radius 3 is 2.65 bits per heavy atom. The van der Waals surface area contributed by atoms with Crippen LogP contribution in [-0.2, 0) is 0 Å². The number of nitrogens with two attached hydrogens (primary N) is 1. The van der Waals surface area contributed by atoms with Gasteiger partial charge in [-0.25, -0.2) is 4.98 Å². The van der Waals surface area contributed by atoms with Gasteiger partial charge in [0.2, 0.25) is 5.95 Å². The number of nitrogen functional groups attached to an aromatic ring is 1. The van der Waals surface area contributed by atoms with Crippen molar-refractivity contribution >= 4 is 17.1 Å². The number of halogens is 3. The van der Waals surface area contributed by atoms with Crippen molar-refractivity contribution in [1.82, 2.24) is 19.5 Å². The first-order valence-corrected chi connectivity index (χ1v) is 6.36. The molecule has 1 aromatic carbocycles. The maximum absolute atomic E-state index is 12.6. The fourth-order valence-electron chi connectivity index (χ4n) is 2.21. The van der Waals surface area contributed by atoms with Gasteiger partial charge >= 0.3 is 6.36 Å². The number of fused-ring (bicyclic) bond motifs is 1. The van der Waals surface area contributed by atoms with Crippen molar-refractivity contribution in [2.75, 3.05) is 5.73 Å². The van der Waals surface area contributed by atoms with Crippen molar-refractivity contribution in [2.24, 2.45) is 0 Å². The van der Waals surface area contributed by atoms with E-state index in [0.717, 1.165) is 10.6 Å². The SMILES string of the molecule is Cc1nc2nc(N)n(-c3ccccc3OC(F)(F)F)c2c(=O)[nH]1. The summed E-state index contributed by atoms with van der Waals surface area (Å²) >= 11 is 0. The van der Waals surface area contributed by atoms with Gasteiger partial charge in [0.05, 0.1) is 5.69 Å². The molecule has 3 N–H and O–H groups in total. The standard InChI is InChI=1S/C13H10F3N5O2/c1-6-18-10-9(11(22)19-6)21(12(17)20-10)7-4-2-3-5-8(7)23-13(14,15)16/h2-5H,1H3,(H3,17,18,19,20,22). The van der Waals surface area contributed by atoms with Crippen LogP contribution in [0.4, 0.5) is 19.1 Å². The molecule has 23 heavy (non-hydrogen) atoms. The Bertz CT molecular complexity index is 945. The molecule has 3 aromatic rings. The lowest BCUT2D eigenvalue weighted by Gasteiger charge is -2.14. The second-order valence-electron chi connectivity index (χ2n) is 4.64. The number of aromatic nitrogens is 4. The number of alkyl halides is 3. The number of para-hydroxylation sites is 2. The van der Waals surface area contributed by atoms with E-state index in [1.54, 1.807) is 6.92 Å². The third-order valence-corrected chi connectivity index (χ3v) is 3.00. The first kappa shape index (κ1) is 14.9. The second kappa shape index (κ2) is 5.00. The molecule has 0 fully saturated rings. The normalized spacial score (nSPS) is 11.8. The predicted molar refractivity (Wildman–Crippen MR) is 75.3 cm³/mol. The van der Waals surface area contributed by atoms with Crippen molar-refractivity contribution < 1.29 is 17.9 Å². The third kappa shape index (κ3) is 2.70. The van der Waals surface area contributed by atoms with Gasteiger partial charge in [0, 0.05) is 0 Å². The fourth-order valence-corrected chi connectivity index (χ4v) is 2.21. The topological polar surface area (TPSA) is 98.8 Å². The van der Waals surface area contributed by atoms with Crippen LogP contribution in [0.5, 0.6) is 5.75 Å². The van der Waals surface area contributed by atoms with E-state index < -0.39 is 17.7 Å². The molecule has 120 valence electrons. The highest BCUT2D eigenvalue weighted by Gasteiger charge is 2.32. The Kier molecular flexibility index (Phi) is 3.24. The van der Waals surface area contributed by atoms with Gasteiger partial charge in [-0.3, -0.25) is 9.36 Å². The van der Waals surface area contributed by atoms with E-state index in [0.29, 0.717) is 5.82 Å². The van der Waals surface area contributed by atoms with E-state index in [-0.39, 0.29) is 22.8 Å². The van der Waals surface area contributed by atoms with Crippen LogP contribution in [0.2, 0.25) is 0 Å². The Morgan fingerprint density at radius 2 is 1.96 bits per heavy atom. The van der Waals surface area contributed by atoms with Crippen molar-refractivity contribution in [3.63, 3.8) is 0 Å². The molecule has 0 unspecified atom stereocenters. The lowest BCUT2D eigenvalue weighted by Crippen LogP contribution is -2.19. The molecule has 2 heterocycles. The van der Waals surface area contributed by atoms with Crippen LogP contribution in [0, 0.1) is 6.92 Å². The fraction of sp³-hybridized carbons (Fsp3) is 0.154. The van der Waals surface area contributed by atoms with E-state index in [9.17, 15) is 18.0 Å². The van der Waals surface area contributed by atoms with Gasteiger partial charge in [0.15, 0.2) is 16.9 Å². The highest BCUT2D eigenvalue weighted by Crippen LogP contribution is 2.31. The molecule has 7 nitrogen and oxygen atoms in total. The number of aryl methyl sites for hydroxylation is 1. The molecule has 0 bridgehead atoms. The Morgan fingerprint density at radius 1 is 1.26 bits per heavy atom. The van der Waals surface area contributed by atoms with Crippen LogP contribution >= 0.6 is 0 Å². The molecule has 3 rings (SSSR count). The minimum atomic E-state index is -4.89. The number of nitrogens with zero attached hydrogens (tertiary/aromatic N) is 3. The molecule has 0 aliphatic heterocycles. The number of hydrogen-bond acceptors (Lipinski definition) is 5. The first-order chi connectivity index (χ1) is 10.8. The summed E-state index contributed by atoms with van der Waals surface area (Å²) in [5.74, 6) is -0.375. The molecular weight excluding hydrogens is 315 g/mol. The van der Waals surface area contributed by atoms with Crippen molar-refractivity contribution in [3.8, 4) is 11.4 Å². The van der Waals surface area contributed by atoms with E-state index in [1.807, 2.05) is 0 Å². The highest BCUT2D eigenvalue weighted by atomic mass is 19.4. The molecule has 0 spiro atoms. The van der Waals surface area contributed by atoms with Crippen LogP contribution in [0.15, 0.2) is 29.1 Å². The Balaban J connectivity index is 2.30. The van der Waals surface area contributed by atoms with E-state index in [1.165, 1.54) is 18.2 Å². The Labute approximate surface area is 126 Å². The number of hydrogen-bond donors (Lipinski definition) is 2. The number of benzene rings is 1. The predicted octanol–water partition coefficient (Wildman–Crippen LogP) is 1.90. The summed E-state index contributed by atoms with van der Waals surface area (Å²) in [6.07, 6.45) is -4.89. The van der Waals surface area contributed by atoms with E-state index in [2.05, 4.69) is 19.7 Å². The molecule has 2 aromatic heterocycles. The van der Waals surface area contributed by atoms with Crippen LogP contribution in [0.1, 0.15) is 5.82 Å². The van der Waals surface area contributed by atoms with Gasteiger partial charge in [0.1, 0.15) is 5.82 Å². The lowest BCUT2D eigenvalue weighted by atomic mass is 10.3. The molecule has 0 atom stereocenters. The summed E-state index contributed by atoms with van der Waals surface area (Å²) in [5.41, 5.74) is 5.09. The van der Waals surface area contributed by atoms with Gasteiger partial charge in [-0.1, -0.05) is 12.1 Å². The van der Waals surface area contributed by atoms with Crippen molar-refractivity contribution in [1.29, 1.82) is 0 Å². The second-order valence-corrected chi connectivity index (χ2v) is 4.64. The maximum atomic E-state index is 12.6. The quantitative estimate of drug-likeness (QED) is 0.750. The minimum absolute atomic E-state index is 0.0329. The average Bonchev–Trinajstić information content (AvgIpc) is 2.73. The van der Waals surface area contributed by atoms with Gasteiger partial charge in [-0.2, -0.15) is 4.98 Å². The zero-order chi connectivity index (χ0) is 16.8. The summed E-state index contributed by atoms with van der Waals surface area (Å²) in [6.45, 7) is 1.55. The van der Waals surface area contributed by atoms with Crippen molar-refractivity contribution in [3.05, 3.63) is 40.4 Å². The zero-order valence-corrected chi connectivity index (χ0v) is 11.7. The van der Waals surface area contributed by atoms with Crippen LogP contribution < -0.4 is 16.0 Å². The van der Waals surface area contributed by atoms with Crippen LogP contribution in [0.25, 0.3) is 16.9 Å². The molecule has 10 heteroatoms. The molecule has 0 aliphatic carbocycles. The third-order valence-electron chi connectivity index (χ3n) is 3.00. The molecular formula is C13H10F3N5O2. The number of imidazole rings is 1. The van der Waals surface area contributed by atoms with Gasteiger partial charge in [0.25, 0.3) is 5.56 Å². The molecule has 0 aliphatic rings. The Hall–Kier alpha value is -3.04. The number of nitrogens with one attached hydrogen (secondary N) is 1. The molecule has 0 saturated heterocycles. The van der Waals surface area contributed by atoms with E-state index >= 15 is 0 Å². The number of anilines is 1. The number of aromatic amines is 1. The zero-order valence-electron chi connectivity index (χ0n) is 11.7. The smallest absolute Gasteiger partial charge is 0.404 e. The number of ether oxygens (including phenoxy) is 1. The average molecular weight is 325 g/mol. The number of rotatable bonds is 2. The minimum Gasteiger partial charge on any atom is -0.404 e. The van der Waals surface area contributed by atoms with Crippen molar-refractivity contribution in [2.45, 2.75) is 13.3 Å². The summed E-state index contributed by atoms with van der Waals surface area (Å²) in [6, 6.07) is 5.30. The number of H-pyrrole nitrogens is 1. The first-order valence-electron chi connectivity index (χ1n) is 6.36. The van der Waals surface area contributed by atoms with Crippen LogP contribution in [0.3, 0.4) is 0 Å². The van der Waals surface area contributed by atoms with Gasteiger partial charge in [-0.15, -0.1) is 13.2 Å². The monoisotopic (exact) mass is 325 g/mol. The summed E-state index contributed by atoms with van der Waals surface area (Å²) in [5, 5.41) is 0. The summed E-state index contributed by atoms with van der Waals surface area (Å²) in [7, 11) is 0. The molecule has 0 radical (unpaired) electrons. The lowest BCUT2D eigenvalue weighted by molar-refractivity contribution is -0.274. The summed E-state index contributed by atoms with van der Waals surface area (Å²) in [4.78, 5) is 22.5. The molecule has 0 amide bonds. The van der Waals surface area contributed by atoms with Gasteiger partial charge < -0.3 is 15.5 Å². The van der Waals surface area contributed by atoms with Crippen LogP contribution in [-0.4, -0.2) is 25.9 Å². The highest BCUT2D eigenvalue weighted by molar-refractivity contribution is 5.77. The molecule has 0 saturated carbocycles. The van der Waals surface area contributed by atoms with Gasteiger partial charge in [-0.05, 0) is 19.1 Å². The maximum Gasteiger partial charge on any atom is 0.573 e. The largest absolute Gasteiger partial charge is 0.573 e. The summed E-state index contributed by atoms with van der Waals surface area (Å²) < 4.78 is 42.7.